The van der Waals surface area contributed by atoms with Crippen molar-refractivity contribution in [2.24, 2.45) is 5.10 Å². The monoisotopic (exact) mass is 444 g/mol. The molecule has 166 valence electrons. The third kappa shape index (κ3) is 5.19. The number of nitrogens with zero attached hydrogens (tertiary/aromatic N) is 1. The number of benzene rings is 3. The second kappa shape index (κ2) is 9.69. The standard InChI is InChI=1S/C25H20N2O6/c1-31-21-4-2-3-19-13-22(33-23(19)21)24(28)27-26-14-16-7-11-20(12-8-16)32-15-17-5-9-18(10-6-17)25(29)30/h2-14H,15H2,1H3,(H,27,28)(H,29,30)/b26-14-. The quantitative estimate of drug-likeness (QED) is 0.306. The largest absolute Gasteiger partial charge is 0.493 e. The summed E-state index contributed by atoms with van der Waals surface area (Å²) < 4.78 is 16.5. The van der Waals surface area contributed by atoms with E-state index in [1.54, 1.807) is 48.5 Å². The molecule has 0 spiro atoms. The Morgan fingerprint density at radius 2 is 1.82 bits per heavy atom. The number of methoxy groups -OCH3 is 1. The van der Waals surface area contributed by atoms with E-state index in [2.05, 4.69) is 10.5 Å². The van der Waals surface area contributed by atoms with Crippen LogP contribution in [0.25, 0.3) is 11.0 Å². The molecule has 2 N–H and O–H groups in total. The fourth-order valence-corrected chi connectivity index (χ4v) is 3.09. The van der Waals surface area contributed by atoms with Gasteiger partial charge in [0.15, 0.2) is 17.1 Å². The Kier molecular flexibility index (Phi) is 6.36. The van der Waals surface area contributed by atoms with Crippen molar-refractivity contribution < 1.29 is 28.6 Å². The number of carboxylic acid groups (broad SMARTS) is 1. The number of amides is 1. The number of aromatic carboxylic acids is 1. The van der Waals surface area contributed by atoms with Crippen molar-refractivity contribution in [2.45, 2.75) is 6.61 Å². The molecule has 0 aliphatic rings. The Morgan fingerprint density at radius 3 is 2.52 bits per heavy atom. The summed E-state index contributed by atoms with van der Waals surface area (Å²) in [6.07, 6.45) is 1.51. The lowest BCUT2D eigenvalue weighted by Crippen LogP contribution is -2.16. The van der Waals surface area contributed by atoms with E-state index in [4.69, 9.17) is 19.0 Å². The maximum absolute atomic E-state index is 12.3. The van der Waals surface area contributed by atoms with Gasteiger partial charge in [0.1, 0.15) is 12.4 Å². The molecule has 8 heteroatoms. The summed E-state index contributed by atoms with van der Waals surface area (Å²) in [6, 6.07) is 20.7. The summed E-state index contributed by atoms with van der Waals surface area (Å²) in [4.78, 5) is 23.2. The Bertz CT molecular complexity index is 1310. The SMILES string of the molecule is COc1cccc2cc(C(=O)N/N=C\c3ccc(OCc4ccc(C(=O)O)cc4)cc3)oc12. The van der Waals surface area contributed by atoms with Crippen molar-refractivity contribution >= 4 is 29.1 Å². The number of fused-ring (bicyclic) bond motifs is 1. The zero-order valence-corrected chi connectivity index (χ0v) is 17.6. The van der Waals surface area contributed by atoms with E-state index in [0.29, 0.717) is 23.7 Å². The first-order valence-corrected chi connectivity index (χ1v) is 9.98. The number of carboxylic acids is 1. The Hall–Kier alpha value is -4.59. The van der Waals surface area contributed by atoms with Crippen LogP contribution in [0.3, 0.4) is 0 Å². The zero-order chi connectivity index (χ0) is 23.2. The van der Waals surface area contributed by atoms with Gasteiger partial charge in [0.2, 0.25) is 0 Å². The van der Waals surface area contributed by atoms with Crippen molar-refractivity contribution in [1.29, 1.82) is 0 Å². The van der Waals surface area contributed by atoms with Crippen LogP contribution in [0.5, 0.6) is 11.5 Å². The summed E-state index contributed by atoms with van der Waals surface area (Å²) in [7, 11) is 1.54. The highest BCUT2D eigenvalue weighted by atomic mass is 16.5. The number of carbonyl (C=O) groups is 2. The van der Waals surface area contributed by atoms with Crippen LogP contribution in [0.4, 0.5) is 0 Å². The maximum Gasteiger partial charge on any atom is 0.335 e. The highest BCUT2D eigenvalue weighted by Gasteiger charge is 2.14. The van der Waals surface area contributed by atoms with E-state index in [0.717, 1.165) is 16.5 Å². The molecule has 3 aromatic carbocycles. The lowest BCUT2D eigenvalue weighted by atomic mass is 10.1. The van der Waals surface area contributed by atoms with E-state index in [1.165, 1.54) is 25.5 Å². The van der Waals surface area contributed by atoms with E-state index in [9.17, 15) is 9.59 Å². The molecule has 0 saturated heterocycles. The predicted octanol–water partition coefficient (Wildman–Crippen LogP) is 4.48. The number of ether oxygens (including phenoxy) is 2. The van der Waals surface area contributed by atoms with Gasteiger partial charge in [-0.05, 0) is 59.7 Å². The molecule has 33 heavy (non-hydrogen) atoms. The van der Waals surface area contributed by atoms with Crippen LogP contribution < -0.4 is 14.9 Å². The molecule has 4 rings (SSSR count). The van der Waals surface area contributed by atoms with Gasteiger partial charge in [-0.1, -0.05) is 24.3 Å². The topological polar surface area (TPSA) is 110 Å². The van der Waals surface area contributed by atoms with E-state index < -0.39 is 11.9 Å². The van der Waals surface area contributed by atoms with Crippen LogP contribution >= 0.6 is 0 Å². The van der Waals surface area contributed by atoms with Crippen LogP contribution in [0.1, 0.15) is 32.0 Å². The summed E-state index contributed by atoms with van der Waals surface area (Å²) in [6.45, 7) is 0.311. The van der Waals surface area contributed by atoms with Gasteiger partial charge in [-0.15, -0.1) is 0 Å². The Labute approximate surface area is 189 Å². The number of rotatable bonds is 8. The smallest absolute Gasteiger partial charge is 0.335 e. The number of hydrogen-bond acceptors (Lipinski definition) is 6. The molecular formula is C25H20N2O6. The van der Waals surface area contributed by atoms with Crippen molar-refractivity contribution in [3.63, 3.8) is 0 Å². The lowest BCUT2D eigenvalue weighted by molar-refractivity contribution is 0.0696. The molecule has 0 unspecified atom stereocenters. The Morgan fingerprint density at radius 1 is 1.06 bits per heavy atom. The first kappa shape index (κ1) is 21.6. The fraction of sp³-hybridized carbons (Fsp3) is 0.0800. The van der Waals surface area contributed by atoms with Crippen LogP contribution in [0, 0.1) is 0 Å². The first-order chi connectivity index (χ1) is 16.0. The third-order valence-electron chi connectivity index (χ3n) is 4.82. The number of para-hydroxylation sites is 1. The summed E-state index contributed by atoms with van der Waals surface area (Å²) in [5.74, 6) is -0.108. The molecule has 0 aliphatic carbocycles. The van der Waals surface area contributed by atoms with Crippen molar-refractivity contribution in [3.8, 4) is 11.5 Å². The minimum absolute atomic E-state index is 0.131. The van der Waals surface area contributed by atoms with Crippen LogP contribution in [-0.2, 0) is 6.61 Å². The van der Waals surface area contributed by atoms with E-state index in [-0.39, 0.29) is 11.3 Å². The van der Waals surface area contributed by atoms with Crippen molar-refractivity contribution in [1.82, 2.24) is 5.43 Å². The molecule has 4 aromatic rings. The van der Waals surface area contributed by atoms with Crippen LogP contribution in [0.2, 0.25) is 0 Å². The summed E-state index contributed by atoms with van der Waals surface area (Å²) in [5.41, 5.74) is 4.80. The van der Waals surface area contributed by atoms with Crippen molar-refractivity contribution in [2.75, 3.05) is 7.11 Å². The molecule has 0 aliphatic heterocycles. The summed E-state index contributed by atoms with van der Waals surface area (Å²) >= 11 is 0. The van der Waals surface area contributed by atoms with E-state index >= 15 is 0 Å². The summed E-state index contributed by atoms with van der Waals surface area (Å²) in [5, 5.41) is 13.7. The molecule has 0 bridgehead atoms. The molecule has 1 amide bonds. The number of furan rings is 1. The molecule has 0 saturated carbocycles. The van der Waals surface area contributed by atoms with Gasteiger partial charge in [0.25, 0.3) is 0 Å². The zero-order valence-electron chi connectivity index (χ0n) is 17.6. The lowest BCUT2D eigenvalue weighted by Gasteiger charge is -2.07. The van der Waals surface area contributed by atoms with Crippen LogP contribution in [0.15, 0.2) is 82.3 Å². The maximum atomic E-state index is 12.3. The molecule has 1 heterocycles. The van der Waals surface area contributed by atoms with E-state index in [1.807, 2.05) is 12.1 Å². The van der Waals surface area contributed by atoms with Gasteiger partial charge in [0, 0.05) is 5.39 Å². The predicted molar refractivity (Wildman–Crippen MR) is 122 cm³/mol. The molecule has 0 atom stereocenters. The van der Waals surface area contributed by atoms with Crippen molar-refractivity contribution in [3.05, 3.63) is 95.2 Å². The number of carbonyl (C=O) groups excluding carboxylic acids is 1. The average molecular weight is 444 g/mol. The van der Waals surface area contributed by atoms with Crippen LogP contribution in [-0.4, -0.2) is 30.3 Å². The first-order valence-electron chi connectivity index (χ1n) is 9.98. The third-order valence-corrected chi connectivity index (χ3v) is 4.82. The van der Waals surface area contributed by atoms with Gasteiger partial charge in [0.05, 0.1) is 18.9 Å². The molecule has 8 nitrogen and oxygen atoms in total. The Balaban J connectivity index is 1.31. The highest BCUT2D eigenvalue weighted by Crippen LogP contribution is 2.28. The van der Waals surface area contributed by atoms with Gasteiger partial charge in [-0.3, -0.25) is 4.79 Å². The molecule has 1 aromatic heterocycles. The fourth-order valence-electron chi connectivity index (χ4n) is 3.09. The second-order valence-electron chi connectivity index (χ2n) is 7.05. The molecule has 0 radical (unpaired) electrons. The second-order valence-corrected chi connectivity index (χ2v) is 7.05. The highest BCUT2D eigenvalue weighted by molar-refractivity contribution is 5.97. The normalized spacial score (nSPS) is 10.9. The van der Waals surface area contributed by atoms with Gasteiger partial charge >= 0.3 is 11.9 Å². The van der Waals surface area contributed by atoms with Gasteiger partial charge in [-0.25, -0.2) is 10.2 Å². The van der Waals surface area contributed by atoms with Gasteiger partial charge in [-0.2, -0.15) is 5.10 Å². The minimum Gasteiger partial charge on any atom is -0.493 e. The average Bonchev–Trinajstić information content (AvgIpc) is 3.28. The molecular weight excluding hydrogens is 424 g/mol. The minimum atomic E-state index is -0.964. The number of hydrazone groups is 1. The number of hydrogen-bond donors (Lipinski definition) is 2. The van der Waals surface area contributed by atoms with Gasteiger partial charge < -0.3 is 19.0 Å². The number of nitrogens with one attached hydrogen (secondary N) is 1. The molecule has 0 fully saturated rings.